The van der Waals surface area contributed by atoms with E-state index in [2.05, 4.69) is 52.5 Å². The number of carbonyl (C=O) groups is 4. The first-order valence-corrected chi connectivity index (χ1v) is 21.0. The molecule has 18 nitrogen and oxygen atoms in total. The highest BCUT2D eigenvalue weighted by Crippen LogP contribution is 2.51. The number of imidazole rings is 4. The van der Waals surface area contributed by atoms with Crippen LogP contribution in [0.5, 0.6) is 0 Å². The van der Waals surface area contributed by atoms with Gasteiger partial charge in [0.05, 0.1) is 30.1 Å². The molecule has 328 valence electrons. The maximum absolute atomic E-state index is 12.8. The molecule has 1 unspecified atom stereocenters. The third-order valence-corrected chi connectivity index (χ3v) is 12.8. The van der Waals surface area contributed by atoms with Crippen LogP contribution < -0.4 is 0 Å². The molecule has 0 aromatic carbocycles. The second kappa shape index (κ2) is 18.2. The summed E-state index contributed by atoms with van der Waals surface area (Å²) in [5.41, 5.74) is 2.17. The van der Waals surface area contributed by atoms with Crippen LogP contribution in [0.2, 0.25) is 0 Å². The molecule has 10 rings (SSSR count). The van der Waals surface area contributed by atoms with E-state index >= 15 is 0 Å². The van der Waals surface area contributed by atoms with Gasteiger partial charge in [0.25, 0.3) is 0 Å². The molecule has 0 bridgehead atoms. The first-order valence-electron chi connectivity index (χ1n) is 21.0. The quantitative estimate of drug-likeness (QED) is 0.0930. The summed E-state index contributed by atoms with van der Waals surface area (Å²) in [5.74, 6) is -0.652. The Kier molecular flexibility index (Phi) is 12.5. The van der Waals surface area contributed by atoms with Gasteiger partial charge in [-0.2, -0.15) is 0 Å². The van der Waals surface area contributed by atoms with E-state index in [1.165, 1.54) is 38.9 Å². The molecule has 2 aliphatic carbocycles. The van der Waals surface area contributed by atoms with E-state index in [-0.39, 0.29) is 84.6 Å². The molecular formula is C44H52N8O10. The van der Waals surface area contributed by atoms with E-state index in [0.717, 1.165) is 62.5 Å². The number of aliphatic hydroxyl groups is 1. The van der Waals surface area contributed by atoms with Gasteiger partial charge in [0.15, 0.2) is 0 Å². The van der Waals surface area contributed by atoms with Gasteiger partial charge in [0.1, 0.15) is 50.0 Å². The second-order valence-electron chi connectivity index (χ2n) is 16.9. The minimum absolute atomic E-state index is 0.00442. The number of aromatic nitrogens is 8. The maximum atomic E-state index is 12.8. The van der Waals surface area contributed by atoms with Crippen molar-refractivity contribution in [3.8, 4) is 0 Å². The standard InChI is InChI=1S/C22H26N4O5.C15H20O4.C7H6N4O/c1-22-6-2-3-15(12-29-21(28)26-10-8-24-14-26)4-5-16-17(11-25-9-7-23-13-25)20(27)30-18(16)19(22)31-22;1-9-11-6-5-10(8-16)4-3-7-15(2)13(19-15)12(11)18-14(9)17;12-7(10-3-1-8-5-10)11-4-2-9-6-11/h3,7-10,13-14,16-19H,2,4-6,11-12H2,1H3;4,11-13,16H,1,3,5-8H2,2H3;1-6H/b15-3+;10-4+;/t16-,17?,18-,19-,22+;11-,12-,13-,15+;/m00./s1. The predicted molar refractivity (Wildman–Crippen MR) is 218 cm³/mol. The molecule has 0 radical (unpaired) electrons. The highest BCUT2D eigenvalue weighted by molar-refractivity contribution is 5.91. The Morgan fingerprint density at radius 1 is 0.790 bits per heavy atom. The monoisotopic (exact) mass is 852 g/mol. The van der Waals surface area contributed by atoms with Gasteiger partial charge in [-0.3, -0.25) is 13.9 Å². The zero-order valence-electron chi connectivity index (χ0n) is 34.8. The number of nitrogens with zero attached hydrogens (tertiary/aromatic N) is 8. The number of epoxide rings is 2. The minimum Gasteiger partial charge on any atom is -0.459 e. The summed E-state index contributed by atoms with van der Waals surface area (Å²) in [5, 5.41) is 9.35. The van der Waals surface area contributed by atoms with Crippen LogP contribution in [-0.4, -0.2) is 116 Å². The van der Waals surface area contributed by atoms with Crippen LogP contribution in [0.15, 0.2) is 110 Å². The zero-order chi connectivity index (χ0) is 43.4. The van der Waals surface area contributed by atoms with Crippen molar-refractivity contribution in [2.75, 3.05) is 13.2 Å². The summed E-state index contributed by atoms with van der Waals surface area (Å²) in [6.07, 6.45) is 28.8. The van der Waals surface area contributed by atoms with Gasteiger partial charge in [-0.05, 0) is 76.4 Å². The van der Waals surface area contributed by atoms with Crippen LogP contribution in [-0.2, 0) is 39.8 Å². The van der Waals surface area contributed by atoms with E-state index < -0.39 is 6.09 Å². The van der Waals surface area contributed by atoms with Gasteiger partial charge in [-0.25, -0.2) is 38.9 Å². The number of ether oxygens (including phenoxy) is 5. The molecule has 8 heterocycles. The van der Waals surface area contributed by atoms with Crippen molar-refractivity contribution in [3.63, 3.8) is 0 Å². The van der Waals surface area contributed by atoms with Crippen LogP contribution in [0.1, 0.15) is 65.2 Å². The van der Waals surface area contributed by atoms with Crippen molar-refractivity contribution in [2.24, 2.45) is 17.8 Å². The summed E-state index contributed by atoms with van der Waals surface area (Å²) < 4.78 is 34.6. The number of fused-ring (bicyclic) bond motifs is 6. The van der Waals surface area contributed by atoms with E-state index in [0.29, 0.717) is 12.1 Å². The Labute approximate surface area is 358 Å². The van der Waals surface area contributed by atoms with Gasteiger partial charge in [-0.1, -0.05) is 18.7 Å². The highest BCUT2D eigenvalue weighted by Gasteiger charge is 2.63. The summed E-state index contributed by atoms with van der Waals surface area (Å²) in [6, 6.07) is -0.190. The van der Waals surface area contributed by atoms with Gasteiger partial charge in [0.2, 0.25) is 0 Å². The number of hydrogen-bond acceptors (Lipinski definition) is 14. The summed E-state index contributed by atoms with van der Waals surface area (Å²) in [6.45, 7) is 8.85. The first kappa shape index (κ1) is 42.7. The lowest BCUT2D eigenvalue weighted by atomic mass is 9.80. The van der Waals surface area contributed by atoms with Gasteiger partial charge < -0.3 is 33.4 Å². The average Bonchev–Trinajstić information content (AvgIpc) is 3.91. The summed E-state index contributed by atoms with van der Waals surface area (Å²) >= 11 is 0. The molecule has 1 N–H and O–H groups in total. The Morgan fingerprint density at radius 2 is 1.37 bits per heavy atom. The number of rotatable bonds is 5. The lowest BCUT2D eigenvalue weighted by Gasteiger charge is -2.23. The van der Waals surface area contributed by atoms with Gasteiger partial charge in [0, 0.05) is 73.5 Å². The van der Waals surface area contributed by atoms with E-state index in [1.807, 2.05) is 10.8 Å². The van der Waals surface area contributed by atoms with Crippen LogP contribution in [0, 0.1) is 17.8 Å². The second-order valence-corrected chi connectivity index (χ2v) is 16.9. The van der Waals surface area contributed by atoms with Crippen LogP contribution in [0.25, 0.3) is 0 Å². The smallest absolute Gasteiger partial charge is 0.419 e. The molecule has 4 aliphatic heterocycles. The molecule has 9 atom stereocenters. The summed E-state index contributed by atoms with van der Waals surface area (Å²) in [4.78, 5) is 63.5. The average molecular weight is 853 g/mol. The van der Waals surface area contributed by atoms with Crippen LogP contribution in [0.3, 0.4) is 0 Å². The van der Waals surface area contributed by atoms with Crippen LogP contribution in [0.4, 0.5) is 9.59 Å². The van der Waals surface area contributed by atoms with Gasteiger partial charge >= 0.3 is 24.1 Å². The molecule has 6 aliphatic rings. The van der Waals surface area contributed by atoms with Crippen molar-refractivity contribution < 1.29 is 48.0 Å². The Hall–Kier alpha value is -5.98. The van der Waals surface area contributed by atoms with Crippen molar-refractivity contribution in [2.45, 2.75) is 107 Å². The molecule has 4 aromatic heterocycles. The summed E-state index contributed by atoms with van der Waals surface area (Å²) in [7, 11) is 0. The van der Waals surface area contributed by atoms with E-state index in [9.17, 15) is 24.3 Å². The number of carbonyl (C=O) groups excluding carboxylic acids is 4. The highest BCUT2D eigenvalue weighted by atomic mass is 16.7. The number of esters is 2. The lowest BCUT2D eigenvalue weighted by molar-refractivity contribution is -0.145. The van der Waals surface area contributed by atoms with E-state index in [1.54, 1.807) is 43.5 Å². The fraction of sp³-hybridized carbons (Fsp3) is 0.500. The lowest BCUT2D eigenvalue weighted by Crippen LogP contribution is -2.31. The number of hydrogen-bond donors (Lipinski definition) is 1. The molecule has 0 saturated carbocycles. The number of aliphatic hydroxyl groups excluding tert-OH is 1. The molecule has 18 heteroatoms. The molecule has 4 aromatic rings. The van der Waals surface area contributed by atoms with E-state index in [4.69, 9.17) is 23.7 Å². The van der Waals surface area contributed by atoms with Crippen molar-refractivity contribution in [3.05, 3.63) is 110 Å². The van der Waals surface area contributed by atoms with Gasteiger partial charge in [-0.15, -0.1) is 0 Å². The van der Waals surface area contributed by atoms with Crippen molar-refractivity contribution in [1.29, 1.82) is 0 Å². The topological polar surface area (TPSA) is 213 Å². The largest absolute Gasteiger partial charge is 0.459 e. The fourth-order valence-electron chi connectivity index (χ4n) is 8.95. The third-order valence-electron chi connectivity index (χ3n) is 12.8. The normalized spacial score (nSPS) is 32.7. The molecule has 4 fully saturated rings. The Morgan fingerprint density at radius 3 is 1.97 bits per heavy atom. The first-order chi connectivity index (χ1) is 30.0. The zero-order valence-corrected chi connectivity index (χ0v) is 34.8. The Balaban J connectivity index is 0.000000144. The maximum Gasteiger partial charge on any atom is 0.419 e. The molecule has 0 spiro atoms. The SMILES string of the molecule is C=C1C(=O)O[C@H]2[C@H]1CC/C(CO)=C\CC[C@@]1(C)O[C@@H]21.C[C@@]12CC/C=C(/COC(=O)n3ccnc3)CC[C@H]3C(Cn4ccnc4)C(=O)O[C@@H]3[C@@H]1O2.O=C(n1ccnc1)n1ccnc1. The Bertz CT molecular complexity index is 2230. The molecule has 62 heavy (non-hydrogen) atoms. The fourth-order valence-corrected chi connectivity index (χ4v) is 8.95. The van der Waals surface area contributed by atoms with Crippen molar-refractivity contribution >= 4 is 24.1 Å². The number of allylic oxidation sites excluding steroid dienone is 2. The van der Waals surface area contributed by atoms with Crippen molar-refractivity contribution in [1.82, 2.24) is 38.2 Å². The molecular weight excluding hydrogens is 801 g/mol. The third kappa shape index (κ3) is 9.41. The molecule has 0 amide bonds. The predicted octanol–water partition coefficient (Wildman–Crippen LogP) is 4.91. The minimum atomic E-state index is -0.455. The van der Waals surface area contributed by atoms with Crippen LogP contribution >= 0.6 is 0 Å². The molecule has 4 saturated heterocycles.